The van der Waals surface area contributed by atoms with Crippen LogP contribution in [0.2, 0.25) is 0 Å². The predicted molar refractivity (Wildman–Crippen MR) is 154 cm³/mol. The zero-order chi connectivity index (χ0) is 30.1. The Bertz CT molecular complexity index is 1900. The van der Waals surface area contributed by atoms with E-state index < -0.39 is 34.4 Å². The van der Waals surface area contributed by atoms with Crippen LogP contribution in [0.5, 0.6) is 5.88 Å². The van der Waals surface area contributed by atoms with E-state index in [-0.39, 0.29) is 33.2 Å². The number of rotatable bonds is 9. The Balaban J connectivity index is 1.86. The predicted octanol–water partition coefficient (Wildman–Crippen LogP) is 4.02. The van der Waals surface area contributed by atoms with Gasteiger partial charge in [-0.25, -0.2) is 18.1 Å². The minimum atomic E-state index is -0.870. The van der Waals surface area contributed by atoms with Crippen molar-refractivity contribution in [1.82, 2.24) is 24.2 Å². The summed E-state index contributed by atoms with van der Waals surface area (Å²) in [6.07, 6.45) is 0.370. The third kappa shape index (κ3) is 5.29. The molecule has 5 rings (SSSR count). The summed E-state index contributed by atoms with van der Waals surface area (Å²) in [7, 11) is 5.12. The Labute approximate surface area is 241 Å². The number of ether oxygens (including phenoxy) is 1. The minimum Gasteiger partial charge on any atom is -0.480 e. The summed E-state index contributed by atoms with van der Waals surface area (Å²) in [4.78, 5) is 41.5. The smallest absolute Gasteiger partial charge is 0.338 e. The van der Waals surface area contributed by atoms with Crippen LogP contribution in [0, 0.1) is 21.7 Å². The Morgan fingerprint density at radius 2 is 1.69 bits per heavy atom. The normalized spacial score (nSPS) is 11.4. The summed E-state index contributed by atoms with van der Waals surface area (Å²) in [5, 5.41) is 19.3. The van der Waals surface area contributed by atoms with E-state index in [0.29, 0.717) is 29.0 Å². The van der Waals surface area contributed by atoms with Gasteiger partial charge in [-0.2, -0.15) is 0 Å². The molecule has 0 spiro atoms. The molecule has 3 heterocycles. The maximum absolute atomic E-state index is 14.8. The van der Waals surface area contributed by atoms with Crippen molar-refractivity contribution in [2.24, 2.45) is 0 Å². The molecule has 5 aromatic rings. The highest BCUT2D eigenvalue weighted by Crippen LogP contribution is 2.38. The van der Waals surface area contributed by atoms with Crippen molar-refractivity contribution in [1.29, 1.82) is 0 Å². The second-order valence-electron chi connectivity index (χ2n) is 9.59. The van der Waals surface area contributed by atoms with Gasteiger partial charge in [-0.15, -0.1) is 21.5 Å². The van der Waals surface area contributed by atoms with Gasteiger partial charge in [0.2, 0.25) is 5.88 Å². The number of fused-ring (bicyclic) bond motifs is 1. The molecule has 11 nitrogen and oxygen atoms in total. The molecule has 216 valence electrons. The van der Waals surface area contributed by atoms with E-state index in [0.717, 1.165) is 32.6 Å². The third-order valence-electron chi connectivity index (χ3n) is 6.66. The molecule has 0 aliphatic carbocycles. The summed E-state index contributed by atoms with van der Waals surface area (Å²) in [5.74, 6) is -1.64. The van der Waals surface area contributed by atoms with E-state index in [9.17, 15) is 28.5 Å². The standard InChI is InChI=1S/C28H24F2N6O5S/c1-33(2)14-13-18-24-26(37)35(22-11-12-23(41-3)32-31-22)28(38)34(15-19-20(29)5-4-6-21(19)30)27(24)42-25(18)16-7-9-17(10-8-16)36(39)40/h4-12H,13-15H2,1-3H3. The van der Waals surface area contributed by atoms with E-state index >= 15 is 0 Å². The summed E-state index contributed by atoms with van der Waals surface area (Å²) in [5.41, 5.74) is -0.848. The fourth-order valence-corrected chi connectivity index (χ4v) is 5.87. The van der Waals surface area contributed by atoms with Crippen LogP contribution in [0.25, 0.3) is 26.5 Å². The van der Waals surface area contributed by atoms with Crippen LogP contribution in [0.4, 0.5) is 14.5 Å². The van der Waals surface area contributed by atoms with Gasteiger partial charge in [-0.1, -0.05) is 6.07 Å². The quantitative estimate of drug-likeness (QED) is 0.185. The number of thiophene rings is 1. The van der Waals surface area contributed by atoms with Gasteiger partial charge in [0, 0.05) is 35.2 Å². The van der Waals surface area contributed by atoms with Crippen LogP contribution < -0.4 is 16.0 Å². The SMILES string of the molecule is COc1ccc(-n2c(=O)c3c(CCN(C)C)c(-c4ccc([N+](=O)[O-])cc4)sc3n(Cc3c(F)cccc3F)c2=O)nn1. The molecule has 0 aliphatic rings. The molecule has 0 saturated carbocycles. The lowest BCUT2D eigenvalue weighted by molar-refractivity contribution is -0.384. The number of aromatic nitrogens is 4. The van der Waals surface area contributed by atoms with Crippen LogP contribution in [0.1, 0.15) is 11.1 Å². The highest BCUT2D eigenvalue weighted by molar-refractivity contribution is 7.22. The Kier molecular flexibility index (Phi) is 7.91. The number of halogens is 2. The lowest BCUT2D eigenvalue weighted by Gasteiger charge is -2.14. The van der Waals surface area contributed by atoms with Crippen LogP contribution in [0.3, 0.4) is 0 Å². The van der Waals surface area contributed by atoms with Gasteiger partial charge in [0.1, 0.15) is 16.5 Å². The molecule has 0 unspecified atom stereocenters. The molecular weight excluding hydrogens is 570 g/mol. The zero-order valence-electron chi connectivity index (χ0n) is 22.7. The highest BCUT2D eigenvalue weighted by atomic mass is 32.1. The lowest BCUT2D eigenvalue weighted by Crippen LogP contribution is -2.39. The Morgan fingerprint density at radius 1 is 1.00 bits per heavy atom. The van der Waals surface area contributed by atoms with E-state index in [1.165, 1.54) is 37.4 Å². The van der Waals surface area contributed by atoms with Gasteiger partial charge in [0.25, 0.3) is 11.2 Å². The molecule has 0 aliphatic heterocycles. The van der Waals surface area contributed by atoms with Gasteiger partial charge in [-0.05, 0) is 62.0 Å². The van der Waals surface area contributed by atoms with E-state index in [4.69, 9.17) is 4.74 Å². The first-order valence-electron chi connectivity index (χ1n) is 12.6. The zero-order valence-corrected chi connectivity index (χ0v) is 23.5. The second-order valence-corrected chi connectivity index (χ2v) is 10.6. The van der Waals surface area contributed by atoms with Gasteiger partial charge in [-0.3, -0.25) is 19.5 Å². The number of hydrogen-bond acceptors (Lipinski definition) is 9. The van der Waals surface area contributed by atoms with Gasteiger partial charge in [0.15, 0.2) is 5.82 Å². The highest BCUT2D eigenvalue weighted by Gasteiger charge is 2.25. The number of likely N-dealkylation sites (N-methyl/N-ethyl adjacent to an activating group) is 1. The van der Waals surface area contributed by atoms with Crippen LogP contribution in [-0.2, 0) is 13.0 Å². The van der Waals surface area contributed by atoms with Gasteiger partial charge < -0.3 is 9.64 Å². The molecular formula is C28H24F2N6O5S. The molecule has 0 N–H and O–H groups in total. The number of methoxy groups -OCH3 is 1. The molecule has 0 radical (unpaired) electrons. The first kappa shape index (κ1) is 28.7. The van der Waals surface area contributed by atoms with Crippen LogP contribution in [-0.4, -0.2) is 56.9 Å². The summed E-state index contributed by atoms with van der Waals surface area (Å²) in [6.45, 7) is 0.0136. The van der Waals surface area contributed by atoms with Crippen molar-refractivity contribution in [2.75, 3.05) is 27.7 Å². The summed E-state index contributed by atoms with van der Waals surface area (Å²) in [6, 6.07) is 12.0. The largest absolute Gasteiger partial charge is 0.480 e. The first-order chi connectivity index (χ1) is 20.1. The Morgan fingerprint density at radius 3 is 2.26 bits per heavy atom. The molecule has 2 aromatic carbocycles. The minimum absolute atomic E-state index is 0.0999. The van der Waals surface area contributed by atoms with Crippen molar-refractivity contribution >= 4 is 27.2 Å². The topological polar surface area (TPSA) is 125 Å². The fraction of sp³-hybridized carbons (Fsp3) is 0.214. The molecule has 0 amide bonds. The van der Waals surface area contributed by atoms with Crippen molar-refractivity contribution in [3.05, 3.63) is 108 Å². The lowest BCUT2D eigenvalue weighted by atomic mass is 10.0. The maximum Gasteiger partial charge on any atom is 0.338 e. The molecule has 0 atom stereocenters. The maximum atomic E-state index is 14.8. The van der Waals surface area contributed by atoms with Crippen molar-refractivity contribution < 1.29 is 18.4 Å². The van der Waals surface area contributed by atoms with Crippen molar-refractivity contribution in [3.8, 4) is 22.1 Å². The molecule has 0 bridgehead atoms. The summed E-state index contributed by atoms with van der Waals surface area (Å²) < 4.78 is 36.6. The molecule has 0 fully saturated rings. The first-order valence-corrected chi connectivity index (χ1v) is 13.4. The molecule has 3 aromatic heterocycles. The molecule has 42 heavy (non-hydrogen) atoms. The van der Waals surface area contributed by atoms with Crippen molar-refractivity contribution in [2.45, 2.75) is 13.0 Å². The molecule has 14 heteroatoms. The van der Waals surface area contributed by atoms with Gasteiger partial charge >= 0.3 is 5.69 Å². The van der Waals surface area contributed by atoms with Crippen LogP contribution >= 0.6 is 11.3 Å². The molecule has 0 saturated heterocycles. The number of nitro benzene ring substituents is 1. The number of non-ortho nitro benzene ring substituents is 1. The van der Waals surface area contributed by atoms with Crippen molar-refractivity contribution in [3.63, 3.8) is 0 Å². The number of benzene rings is 2. The monoisotopic (exact) mass is 594 g/mol. The van der Waals surface area contributed by atoms with E-state index in [1.54, 1.807) is 12.1 Å². The second kappa shape index (κ2) is 11.6. The Hall–Kier alpha value is -4.82. The van der Waals surface area contributed by atoms with E-state index in [1.807, 2.05) is 19.0 Å². The van der Waals surface area contributed by atoms with Gasteiger partial charge in [0.05, 0.1) is 24.0 Å². The summed E-state index contributed by atoms with van der Waals surface area (Å²) >= 11 is 1.10. The number of nitro groups is 1. The average molecular weight is 595 g/mol. The fourth-order valence-electron chi connectivity index (χ4n) is 4.53. The average Bonchev–Trinajstić information content (AvgIpc) is 3.35. The number of hydrogen-bond donors (Lipinski definition) is 0. The van der Waals surface area contributed by atoms with E-state index in [2.05, 4.69) is 10.2 Å². The van der Waals surface area contributed by atoms with Crippen LogP contribution in [0.15, 0.2) is 64.2 Å². The third-order valence-corrected chi connectivity index (χ3v) is 7.97. The number of nitrogens with zero attached hydrogens (tertiary/aromatic N) is 6.